The van der Waals surface area contributed by atoms with Crippen molar-refractivity contribution in [3.05, 3.63) is 82.9 Å². The van der Waals surface area contributed by atoms with Crippen LogP contribution in [0.5, 0.6) is 0 Å². The fourth-order valence-corrected chi connectivity index (χ4v) is 8.22. The molecule has 0 aromatic heterocycles. The largest absolute Gasteiger partial charge is 0.445 e. The number of morpholine rings is 1. The van der Waals surface area contributed by atoms with Gasteiger partial charge in [0, 0.05) is 24.0 Å². The van der Waals surface area contributed by atoms with Crippen LogP contribution in [0.3, 0.4) is 0 Å². The van der Waals surface area contributed by atoms with E-state index in [9.17, 15) is 14.4 Å². The second-order valence-corrected chi connectivity index (χ2v) is 14.3. The third-order valence-corrected chi connectivity index (χ3v) is 11.7. The van der Waals surface area contributed by atoms with Crippen LogP contribution in [0, 0.1) is 0 Å². The zero-order valence-electron chi connectivity index (χ0n) is 24.0. The number of carbonyl (C=O) groups is 3. The van der Waals surface area contributed by atoms with Gasteiger partial charge in [0.2, 0.25) is 5.91 Å². The van der Waals surface area contributed by atoms with E-state index in [2.05, 4.69) is 53.4 Å². The van der Waals surface area contributed by atoms with Crippen LogP contribution >= 0.6 is 34.2 Å². The summed E-state index contributed by atoms with van der Waals surface area (Å²) in [7, 11) is 4.51. The number of rotatable bonds is 9. The van der Waals surface area contributed by atoms with Gasteiger partial charge in [0.25, 0.3) is 0 Å². The topological polar surface area (TPSA) is 97.0 Å². The molecular formula is C33H34ClIN3O5+. The molecule has 10 heteroatoms. The number of amides is 2. The lowest BCUT2D eigenvalue weighted by Gasteiger charge is -2.50. The molecule has 43 heavy (non-hydrogen) atoms. The maximum absolute atomic E-state index is 13.2. The number of ether oxygens (including phenoxy) is 2. The minimum Gasteiger partial charge on any atom is -0.445 e. The number of benzene rings is 3. The average Bonchev–Trinajstić information content (AvgIpc) is 3.77. The van der Waals surface area contributed by atoms with Crippen molar-refractivity contribution < 1.29 is 28.3 Å². The summed E-state index contributed by atoms with van der Waals surface area (Å²) in [5.74, 6) is -0.152. The highest BCUT2D eigenvalue weighted by atomic mass is 127. The highest BCUT2D eigenvalue weighted by Gasteiger charge is 2.78. The van der Waals surface area contributed by atoms with E-state index in [4.69, 9.17) is 21.1 Å². The molecule has 0 radical (unpaired) electrons. The van der Waals surface area contributed by atoms with Gasteiger partial charge in [-0.25, -0.2) is 4.79 Å². The Hall–Kier alpha value is -2.99. The molecule has 3 saturated heterocycles. The van der Waals surface area contributed by atoms with E-state index in [0.717, 1.165) is 34.0 Å². The van der Waals surface area contributed by atoms with Gasteiger partial charge in [0.1, 0.15) is 24.5 Å². The molecule has 3 heterocycles. The van der Waals surface area contributed by atoms with E-state index in [-0.39, 0.29) is 27.8 Å². The number of aldehydes is 1. The zero-order valence-corrected chi connectivity index (χ0v) is 26.9. The Balaban J connectivity index is 1.09. The first-order chi connectivity index (χ1) is 20.6. The Morgan fingerprint density at radius 3 is 2.58 bits per heavy atom. The fraction of sp³-hybridized carbons (Fsp3) is 0.364. The SMILES string of the molecule is C[N+]1(C)[C@H]2C[C@H](OC(=O)Nc3ccc(CCCC(=O)Nc4ccc(C=O)cc4Cl)cc3-c3ccccc3)C[C@@]1(I)[C@@H]1O[C@H]12. The smallest absolute Gasteiger partial charge is 0.411 e. The maximum atomic E-state index is 13.2. The number of nitrogens with zero attached hydrogens (tertiary/aromatic N) is 1. The van der Waals surface area contributed by atoms with Crippen molar-refractivity contribution in [3.8, 4) is 11.1 Å². The van der Waals surface area contributed by atoms with Crippen LogP contribution in [-0.2, 0) is 20.7 Å². The van der Waals surface area contributed by atoms with Crippen LogP contribution in [0.4, 0.5) is 16.2 Å². The first kappa shape index (κ1) is 30.1. The minimum atomic E-state index is -0.451. The number of piperidine rings is 1. The van der Waals surface area contributed by atoms with Crippen molar-refractivity contribution in [1.82, 2.24) is 0 Å². The van der Waals surface area contributed by atoms with E-state index in [1.165, 1.54) is 6.07 Å². The molecule has 0 unspecified atom stereocenters. The third kappa shape index (κ3) is 5.92. The summed E-state index contributed by atoms with van der Waals surface area (Å²) in [6.07, 6.45) is 3.77. The summed E-state index contributed by atoms with van der Waals surface area (Å²) in [5.41, 5.74) is 4.53. The lowest BCUT2D eigenvalue weighted by atomic mass is 9.96. The molecule has 224 valence electrons. The lowest BCUT2D eigenvalue weighted by Crippen LogP contribution is -2.65. The van der Waals surface area contributed by atoms with E-state index in [0.29, 0.717) is 53.6 Å². The molecule has 3 aliphatic heterocycles. The number of aryl methyl sites for hydroxylation is 1. The molecular weight excluding hydrogens is 681 g/mol. The molecule has 0 spiro atoms. The Bertz CT molecular complexity index is 1570. The van der Waals surface area contributed by atoms with E-state index >= 15 is 0 Å². The molecule has 2 amide bonds. The van der Waals surface area contributed by atoms with Gasteiger partial charge in [0.05, 0.1) is 36.9 Å². The molecule has 2 N–H and O–H groups in total. The first-order valence-corrected chi connectivity index (χ1v) is 15.9. The number of quaternary nitrogens is 1. The molecule has 6 rings (SSSR count). The molecule has 2 bridgehead atoms. The van der Waals surface area contributed by atoms with Gasteiger partial charge in [-0.3, -0.25) is 14.9 Å². The second kappa shape index (κ2) is 11.8. The number of carbonyl (C=O) groups excluding carboxylic acids is 3. The van der Waals surface area contributed by atoms with Gasteiger partial charge < -0.3 is 19.3 Å². The van der Waals surface area contributed by atoms with Crippen LogP contribution in [0.15, 0.2) is 66.7 Å². The van der Waals surface area contributed by atoms with Gasteiger partial charge in [-0.2, -0.15) is 0 Å². The molecule has 0 saturated carbocycles. The summed E-state index contributed by atoms with van der Waals surface area (Å²) in [5, 5.41) is 6.14. The van der Waals surface area contributed by atoms with Crippen LogP contribution in [0.25, 0.3) is 11.1 Å². The molecule has 0 aliphatic carbocycles. The van der Waals surface area contributed by atoms with Crippen molar-refractivity contribution >= 4 is 63.9 Å². The number of likely N-dealkylation sites (N-methyl/N-ethyl adjacent to an activating group) is 1. The minimum absolute atomic E-state index is 0.0860. The van der Waals surface area contributed by atoms with Crippen LogP contribution in [-0.4, -0.2) is 64.8 Å². The molecule has 3 aromatic carbocycles. The number of halogens is 2. The number of hydrogen-bond donors (Lipinski definition) is 2. The summed E-state index contributed by atoms with van der Waals surface area (Å²) in [6.45, 7) is 0. The highest BCUT2D eigenvalue weighted by molar-refractivity contribution is 14.1. The monoisotopic (exact) mass is 714 g/mol. The van der Waals surface area contributed by atoms with Gasteiger partial charge in [0.15, 0.2) is 9.65 Å². The number of alkyl halides is 1. The molecule has 8 nitrogen and oxygen atoms in total. The Labute approximate surface area is 269 Å². The maximum Gasteiger partial charge on any atom is 0.411 e. The molecule has 5 atom stereocenters. The van der Waals surface area contributed by atoms with Crippen molar-refractivity contribution in [2.75, 3.05) is 24.7 Å². The van der Waals surface area contributed by atoms with Crippen molar-refractivity contribution in [2.24, 2.45) is 0 Å². The molecule has 3 aromatic rings. The summed E-state index contributed by atoms with van der Waals surface area (Å²) in [4.78, 5) is 36.6. The van der Waals surface area contributed by atoms with Gasteiger partial charge in [-0.1, -0.05) is 48.0 Å². The van der Waals surface area contributed by atoms with E-state index in [1.54, 1.807) is 12.1 Å². The Morgan fingerprint density at radius 2 is 1.86 bits per heavy atom. The third-order valence-electron chi connectivity index (χ3n) is 9.10. The van der Waals surface area contributed by atoms with Crippen LogP contribution in [0.2, 0.25) is 5.02 Å². The number of nitrogens with one attached hydrogen (secondary N) is 2. The quantitative estimate of drug-likeness (QED) is 0.0632. The summed E-state index contributed by atoms with van der Waals surface area (Å²) < 4.78 is 12.8. The Kier molecular flexibility index (Phi) is 8.27. The van der Waals surface area contributed by atoms with Crippen LogP contribution < -0.4 is 10.6 Å². The summed E-state index contributed by atoms with van der Waals surface area (Å²) in [6, 6.07) is 20.9. The van der Waals surface area contributed by atoms with E-state index in [1.807, 2.05) is 42.5 Å². The standard InChI is InChI=1S/C33H33ClIN3O5/c1-38(2)28-17-23(18-33(38,35)31-30(28)43-31)42-32(41)37-26-13-11-20(15-24(26)22-8-4-3-5-9-22)7-6-10-29(40)36-27-14-12-21(19-39)16-25(27)34/h3-5,8-9,11-16,19,23,28,30-31H,6-7,10,17-18H2,1-2H3,(H-,36,37,39,40,41)/p+1/t23-,28-,30-,31+,33-/m0/s1. The normalized spacial score (nSPS) is 26.2. The molecule has 3 aliphatic rings. The van der Waals surface area contributed by atoms with Crippen molar-refractivity contribution in [3.63, 3.8) is 0 Å². The summed E-state index contributed by atoms with van der Waals surface area (Å²) >= 11 is 8.71. The predicted molar refractivity (Wildman–Crippen MR) is 175 cm³/mol. The number of fused-ring (bicyclic) bond motifs is 5. The van der Waals surface area contributed by atoms with E-state index < -0.39 is 6.09 Å². The first-order valence-electron chi connectivity index (χ1n) is 14.5. The molecule has 3 fully saturated rings. The second-order valence-electron chi connectivity index (χ2n) is 12.0. The van der Waals surface area contributed by atoms with Crippen molar-refractivity contribution in [2.45, 2.75) is 60.0 Å². The fourth-order valence-electron chi connectivity index (χ4n) is 6.63. The lowest BCUT2D eigenvalue weighted by molar-refractivity contribution is -0.943. The number of anilines is 2. The average molecular weight is 715 g/mol. The van der Waals surface area contributed by atoms with Gasteiger partial charge in [-0.05, 0) is 76.9 Å². The Morgan fingerprint density at radius 1 is 1.09 bits per heavy atom. The number of epoxide rings is 1. The van der Waals surface area contributed by atoms with Gasteiger partial charge >= 0.3 is 6.09 Å². The van der Waals surface area contributed by atoms with Gasteiger partial charge in [-0.15, -0.1) is 0 Å². The predicted octanol–water partition coefficient (Wildman–Crippen LogP) is 6.85. The number of hydrogen-bond acceptors (Lipinski definition) is 5. The zero-order chi connectivity index (χ0) is 30.4. The van der Waals surface area contributed by atoms with Crippen LogP contribution in [0.1, 0.15) is 41.6 Å². The van der Waals surface area contributed by atoms with Crippen molar-refractivity contribution in [1.29, 1.82) is 0 Å². The highest BCUT2D eigenvalue weighted by Crippen LogP contribution is 2.61.